The Labute approximate surface area is 106 Å². The molecule has 2 rings (SSSR count). The molecule has 6 heteroatoms. The van der Waals surface area contributed by atoms with Crippen LogP contribution in [0.25, 0.3) is 0 Å². The molecule has 0 aliphatic carbocycles. The van der Waals surface area contributed by atoms with Gasteiger partial charge in [-0.05, 0) is 28.9 Å². The molecule has 0 bridgehead atoms. The molecule has 0 saturated carbocycles. The lowest BCUT2D eigenvalue weighted by Crippen LogP contribution is -2.01. The summed E-state index contributed by atoms with van der Waals surface area (Å²) < 4.78 is 28.5. The van der Waals surface area contributed by atoms with Crippen LogP contribution in [0.4, 0.5) is 20.4 Å². The highest BCUT2D eigenvalue weighted by atomic mass is 79.9. The van der Waals surface area contributed by atoms with Crippen molar-refractivity contribution in [2.75, 3.05) is 5.32 Å². The number of hydrogen-bond donors (Lipinski definition) is 1. The van der Waals surface area contributed by atoms with Crippen LogP contribution in [0.3, 0.4) is 0 Å². The van der Waals surface area contributed by atoms with E-state index < -0.39 is 11.6 Å². The third-order valence-electron chi connectivity index (χ3n) is 2.25. The van der Waals surface area contributed by atoms with Gasteiger partial charge in [-0.25, -0.2) is 13.8 Å². The molecule has 17 heavy (non-hydrogen) atoms. The third kappa shape index (κ3) is 2.46. The standard InChI is InChI=1S/C11H10BrF2N3/c1-6-5-17(2)11(15-6)16-10-3-7(12)8(13)4-9(10)14/h3-5H,1-2H3,(H,15,16). The average Bonchev–Trinajstić information content (AvgIpc) is 2.54. The number of rotatable bonds is 2. The normalized spacial score (nSPS) is 10.6. The zero-order chi connectivity index (χ0) is 12.6. The van der Waals surface area contributed by atoms with Crippen LogP contribution in [0.1, 0.15) is 5.69 Å². The Balaban J connectivity index is 2.36. The first-order valence-electron chi connectivity index (χ1n) is 4.89. The van der Waals surface area contributed by atoms with Crippen molar-refractivity contribution in [3.8, 4) is 0 Å². The molecule has 0 atom stereocenters. The Morgan fingerprint density at radius 1 is 1.29 bits per heavy atom. The second kappa shape index (κ2) is 4.44. The lowest BCUT2D eigenvalue weighted by Gasteiger charge is -2.08. The van der Waals surface area contributed by atoms with E-state index in [4.69, 9.17) is 0 Å². The van der Waals surface area contributed by atoms with Crippen molar-refractivity contribution >= 4 is 27.6 Å². The van der Waals surface area contributed by atoms with Gasteiger partial charge in [0.1, 0.15) is 11.6 Å². The van der Waals surface area contributed by atoms with Gasteiger partial charge in [-0.3, -0.25) is 0 Å². The van der Waals surface area contributed by atoms with Gasteiger partial charge in [0.2, 0.25) is 5.95 Å². The molecule has 0 fully saturated rings. The Morgan fingerprint density at radius 2 is 2.00 bits per heavy atom. The summed E-state index contributed by atoms with van der Waals surface area (Å²) >= 11 is 3.01. The van der Waals surface area contributed by atoms with Crippen LogP contribution in [0.5, 0.6) is 0 Å². The van der Waals surface area contributed by atoms with Gasteiger partial charge >= 0.3 is 0 Å². The molecule has 1 aromatic carbocycles. The number of hydrogen-bond acceptors (Lipinski definition) is 2. The molecule has 1 heterocycles. The molecular formula is C11H10BrF2N3. The summed E-state index contributed by atoms with van der Waals surface area (Å²) in [7, 11) is 1.79. The molecule has 0 radical (unpaired) electrons. The molecule has 1 aromatic heterocycles. The fourth-order valence-electron chi connectivity index (χ4n) is 1.47. The Kier molecular flexibility index (Phi) is 3.15. The van der Waals surface area contributed by atoms with E-state index in [0.717, 1.165) is 11.8 Å². The van der Waals surface area contributed by atoms with E-state index in [1.54, 1.807) is 17.8 Å². The second-order valence-corrected chi connectivity index (χ2v) is 4.54. The van der Waals surface area contributed by atoms with Crippen molar-refractivity contribution in [2.24, 2.45) is 7.05 Å². The molecule has 1 N–H and O–H groups in total. The van der Waals surface area contributed by atoms with Gasteiger partial charge in [0.25, 0.3) is 0 Å². The minimum atomic E-state index is -0.661. The minimum absolute atomic E-state index is 0.173. The molecule has 0 aliphatic rings. The number of benzene rings is 1. The summed E-state index contributed by atoms with van der Waals surface area (Å²) in [5.41, 5.74) is 0.989. The zero-order valence-corrected chi connectivity index (χ0v) is 10.8. The highest BCUT2D eigenvalue weighted by molar-refractivity contribution is 9.10. The van der Waals surface area contributed by atoms with Crippen LogP contribution in [-0.2, 0) is 7.05 Å². The van der Waals surface area contributed by atoms with E-state index in [1.807, 2.05) is 6.92 Å². The number of aromatic nitrogens is 2. The summed E-state index contributed by atoms with van der Waals surface area (Å²) in [6.45, 7) is 1.84. The number of nitrogens with one attached hydrogen (secondary N) is 1. The first-order valence-corrected chi connectivity index (χ1v) is 5.68. The maximum absolute atomic E-state index is 13.5. The first kappa shape index (κ1) is 12.0. The highest BCUT2D eigenvalue weighted by Crippen LogP contribution is 2.25. The first-order chi connectivity index (χ1) is 7.97. The lowest BCUT2D eigenvalue weighted by molar-refractivity contribution is 0.581. The van der Waals surface area contributed by atoms with Crippen molar-refractivity contribution in [1.29, 1.82) is 0 Å². The van der Waals surface area contributed by atoms with Crippen LogP contribution in [0.2, 0.25) is 0 Å². The molecule has 0 spiro atoms. The summed E-state index contributed by atoms with van der Waals surface area (Å²) in [5, 5.41) is 2.81. The topological polar surface area (TPSA) is 29.9 Å². The number of imidazole rings is 1. The predicted octanol–water partition coefficient (Wildman–Crippen LogP) is 3.51. The summed E-state index contributed by atoms with van der Waals surface area (Å²) in [6.07, 6.45) is 1.80. The molecule has 0 unspecified atom stereocenters. The van der Waals surface area contributed by atoms with E-state index in [-0.39, 0.29) is 10.2 Å². The van der Waals surface area contributed by atoms with E-state index in [9.17, 15) is 8.78 Å². The van der Waals surface area contributed by atoms with Gasteiger partial charge in [-0.1, -0.05) is 0 Å². The molecule has 3 nitrogen and oxygen atoms in total. The quantitative estimate of drug-likeness (QED) is 0.860. The van der Waals surface area contributed by atoms with Crippen LogP contribution in [-0.4, -0.2) is 9.55 Å². The molecule has 0 aliphatic heterocycles. The summed E-state index contributed by atoms with van der Waals surface area (Å²) in [6, 6.07) is 2.16. The minimum Gasteiger partial charge on any atom is -0.323 e. The Hall–Kier alpha value is -1.43. The fraction of sp³-hybridized carbons (Fsp3) is 0.182. The molecule has 0 amide bonds. The van der Waals surface area contributed by atoms with Crippen molar-refractivity contribution < 1.29 is 8.78 Å². The number of nitrogens with zero attached hydrogens (tertiary/aromatic N) is 2. The van der Waals surface area contributed by atoms with Gasteiger partial charge in [0.15, 0.2) is 0 Å². The van der Waals surface area contributed by atoms with E-state index in [1.165, 1.54) is 6.07 Å². The van der Waals surface area contributed by atoms with Gasteiger partial charge < -0.3 is 9.88 Å². The third-order valence-corrected chi connectivity index (χ3v) is 2.86. The van der Waals surface area contributed by atoms with Gasteiger partial charge in [-0.2, -0.15) is 0 Å². The number of halogens is 3. The largest absolute Gasteiger partial charge is 0.323 e. The van der Waals surface area contributed by atoms with Gasteiger partial charge in [0.05, 0.1) is 15.9 Å². The van der Waals surface area contributed by atoms with Crippen molar-refractivity contribution in [3.63, 3.8) is 0 Å². The van der Waals surface area contributed by atoms with Crippen molar-refractivity contribution in [1.82, 2.24) is 9.55 Å². The smallest absolute Gasteiger partial charge is 0.207 e. The molecule has 90 valence electrons. The van der Waals surface area contributed by atoms with Crippen molar-refractivity contribution in [3.05, 3.63) is 40.1 Å². The van der Waals surface area contributed by atoms with Crippen LogP contribution in [0, 0.1) is 18.6 Å². The lowest BCUT2D eigenvalue weighted by atomic mass is 10.3. The van der Waals surface area contributed by atoms with Crippen LogP contribution in [0.15, 0.2) is 22.8 Å². The average molecular weight is 302 g/mol. The SMILES string of the molecule is Cc1cn(C)c(Nc2cc(Br)c(F)cc2F)n1. The van der Waals surface area contributed by atoms with Crippen LogP contribution < -0.4 is 5.32 Å². The Morgan fingerprint density at radius 3 is 2.59 bits per heavy atom. The number of aryl methyl sites for hydroxylation is 2. The monoisotopic (exact) mass is 301 g/mol. The summed E-state index contributed by atoms with van der Waals surface area (Å²) in [4.78, 5) is 4.17. The van der Waals surface area contributed by atoms with Crippen LogP contribution >= 0.6 is 15.9 Å². The maximum Gasteiger partial charge on any atom is 0.207 e. The zero-order valence-electron chi connectivity index (χ0n) is 9.26. The van der Waals surface area contributed by atoms with Gasteiger partial charge in [0, 0.05) is 19.3 Å². The van der Waals surface area contributed by atoms with Gasteiger partial charge in [-0.15, -0.1) is 0 Å². The fourth-order valence-corrected chi connectivity index (χ4v) is 1.81. The van der Waals surface area contributed by atoms with Crippen molar-refractivity contribution in [2.45, 2.75) is 6.92 Å². The predicted molar refractivity (Wildman–Crippen MR) is 65.3 cm³/mol. The molecule has 0 saturated heterocycles. The molecule has 2 aromatic rings. The maximum atomic E-state index is 13.5. The highest BCUT2D eigenvalue weighted by Gasteiger charge is 2.10. The number of anilines is 2. The van der Waals surface area contributed by atoms with E-state index >= 15 is 0 Å². The van der Waals surface area contributed by atoms with E-state index in [0.29, 0.717) is 5.95 Å². The molecular weight excluding hydrogens is 292 g/mol. The van der Waals surface area contributed by atoms with E-state index in [2.05, 4.69) is 26.2 Å². The second-order valence-electron chi connectivity index (χ2n) is 3.69. The summed E-state index contributed by atoms with van der Waals surface area (Å²) in [5.74, 6) is -0.796. The Bertz CT molecular complexity index is 566.